The van der Waals surface area contributed by atoms with E-state index in [4.69, 9.17) is 9.47 Å². The SMILES string of the molecule is COCCCn1c(C)cc(C(=O)COC(=O)c2cc([N+](=O)[O-])ccc2N2CCCC2)c1C. The van der Waals surface area contributed by atoms with Gasteiger partial charge in [-0.3, -0.25) is 14.9 Å². The van der Waals surface area contributed by atoms with Crippen molar-refractivity contribution < 1.29 is 24.0 Å². The lowest BCUT2D eigenvalue weighted by molar-refractivity contribution is -0.384. The fourth-order valence-corrected chi connectivity index (χ4v) is 4.12. The zero-order chi connectivity index (χ0) is 23.3. The average molecular weight is 444 g/mol. The Kier molecular flexibility index (Phi) is 7.63. The molecule has 0 aliphatic carbocycles. The maximum atomic E-state index is 12.8. The Morgan fingerprint density at radius 1 is 1.12 bits per heavy atom. The molecule has 9 nitrogen and oxygen atoms in total. The molecule has 1 aliphatic heterocycles. The van der Waals surface area contributed by atoms with Gasteiger partial charge >= 0.3 is 5.97 Å². The van der Waals surface area contributed by atoms with E-state index >= 15 is 0 Å². The molecule has 0 amide bonds. The first kappa shape index (κ1) is 23.5. The van der Waals surface area contributed by atoms with Gasteiger partial charge in [0.2, 0.25) is 5.78 Å². The number of Topliss-reactive ketones (excluding diaryl/α,β-unsaturated/α-hetero) is 1. The highest BCUT2D eigenvalue weighted by Crippen LogP contribution is 2.29. The third-order valence-corrected chi connectivity index (χ3v) is 5.80. The number of carbonyl (C=O) groups excluding carboxylic acids is 2. The monoisotopic (exact) mass is 443 g/mol. The number of nitro groups is 1. The summed E-state index contributed by atoms with van der Waals surface area (Å²) >= 11 is 0. The Morgan fingerprint density at radius 2 is 1.84 bits per heavy atom. The van der Waals surface area contributed by atoms with Crippen molar-refractivity contribution in [3.63, 3.8) is 0 Å². The number of hydrogen-bond acceptors (Lipinski definition) is 7. The van der Waals surface area contributed by atoms with Crippen LogP contribution in [-0.2, 0) is 16.0 Å². The normalized spacial score (nSPS) is 13.4. The van der Waals surface area contributed by atoms with E-state index in [1.54, 1.807) is 19.2 Å². The highest BCUT2D eigenvalue weighted by molar-refractivity contribution is 6.02. The Hall–Kier alpha value is -3.20. The molecule has 3 rings (SSSR count). The number of esters is 1. The molecule has 0 radical (unpaired) electrons. The molecule has 0 unspecified atom stereocenters. The zero-order valence-corrected chi connectivity index (χ0v) is 18.8. The number of non-ortho nitro benzene ring substituents is 1. The van der Waals surface area contributed by atoms with E-state index in [1.807, 2.05) is 23.3 Å². The van der Waals surface area contributed by atoms with E-state index in [2.05, 4.69) is 0 Å². The van der Waals surface area contributed by atoms with Gasteiger partial charge in [0, 0.05) is 62.4 Å². The molecule has 1 aromatic heterocycles. The first-order valence-electron chi connectivity index (χ1n) is 10.7. The molecule has 2 heterocycles. The number of methoxy groups -OCH3 is 1. The first-order chi connectivity index (χ1) is 15.3. The van der Waals surface area contributed by atoms with E-state index in [-0.39, 0.29) is 17.0 Å². The highest BCUT2D eigenvalue weighted by Gasteiger charge is 2.25. The van der Waals surface area contributed by atoms with Crippen LogP contribution in [0.3, 0.4) is 0 Å². The lowest BCUT2D eigenvalue weighted by Crippen LogP contribution is -2.22. The quantitative estimate of drug-likeness (QED) is 0.181. The summed E-state index contributed by atoms with van der Waals surface area (Å²) in [5.74, 6) is -1.05. The number of ketones is 1. The van der Waals surface area contributed by atoms with Gasteiger partial charge in [-0.25, -0.2) is 4.79 Å². The fourth-order valence-electron chi connectivity index (χ4n) is 4.12. The van der Waals surface area contributed by atoms with Gasteiger partial charge in [0.25, 0.3) is 5.69 Å². The summed E-state index contributed by atoms with van der Waals surface area (Å²) in [7, 11) is 1.65. The van der Waals surface area contributed by atoms with E-state index in [1.165, 1.54) is 12.1 Å². The predicted octanol–water partition coefficient (Wildman–Crippen LogP) is 3.69. The van der Waals surface area contributed by atoms with E-state index in [9.17, 15) is 19.7 Å². The number of ether oxygens (including phenoxy) is 2. The van der Waals surface area contributed by atoms with E-state index < -0.39 is 17.5 Å². The topological polar surface area (TPSA) is 104 Å². The molecule has 1 aliphatic rings. The summed E-state index contributed by atoms with van der Waals surface area (Å²) in [5.41, 5.74) is 2.79. The highest BCUT2D eigenvalue weighted by atomic mass is 16.6. The van der Waals surface area contributed by atoms with Crippen molar-refractivity contribution in [2.24, 2.45) is 0 Å². The minimum Gasteiger partial charge on any atom is -0.454 e. The van der Waals surface area contributed by atoms with Gasteiger partial charge in [0.1, 0.15) is 0 Å². The number of nitro benzene ring substituents is 1. The summed E-state index contributed by atoms with van der Waals surface area (Å²) < 4.78 is 12.4. The summed E-state index contributed by atoms with van der Waals surface area (Å²) in [5, 5.41) is 11.2. The second-order valence-electron chi connectivity index (χ2n) is 7.93. The number of hydrogen-bond donors (Lipinski definition) is 0. The molecule has 9 heteroatoms. The molecule has 32 heavy (non-hydrogen) atoms. The molecule has 0 spiro atoms. The molecule has 1 saturated heterocycles. The largest absolute Gasteiger partial charge is 0.454 e. The summed E-state index contributed by atoms with van der Waals surface area (Å²) in [6.07, 6.45) is 2.80. The van der Waals surface area contributed by atoms with E-state index in [0.717, 1.165) is 50.3 Å². The van der Waals surface area contributed by atoms with Crippen LogP contribution in [0, 0.1) is 24.0 Å². The standard InChI is InChI=1S/C23H29N3O6/c1-16-13-19(17(2)25(16)11-6-12-31-3)22(27)15-32-23(28)20-14-18(26(29)30)7-8-21(20)24-9-4-5-10-24/h7-8,13-14H,4-6,9-12,15H2,1-3H3. The number of benzene rings is 1. The lowest BCUT2D eigenvalue weighted by atomic mass is 10.1. The molecule has 0 N–H and O–H groups in total. The van der Waals surface area contributed by atoms with Crippen molar-refractivity contribution in [2.75, 3.05) is 38.3 Å². The predicted molar refractivity (Wildman–Crippen MR) is 120 cm³/mol. The van der Waals surface area contributed by atoms with Crippen LogP contribution in [0.4, 0.5) is 11.4 Å². The molecule has 172 valence electrons. The second kappa shape index (κ2) is 10.4. The molecule has 2 aromatic rings. The van der Waals surface area contributed by atoms with Crippen LogP contribution in [-0.4, -0.2) is 54.7 Å². The maximum absolute atomic E-state index is 12.8. The van der Waals surface area contributed by atoms with Crippen molar-refractivity contribution in [1.29, 1.82) is 0 Å². The smallest absolute Gasteiger partial charge is 0.340 e. The van der Waals surface area contributed by atoms with Crippen molar-refractivity contribution in [3.05, 3.63) is 56.9 Å². The van der Waals surface area contributed by atoms with Crippen LogP contribution in [0.1, 0.15) is 51.4 Å². The molecule has 0 bridgehead atoms. The van der Waals surface area contributed by atoms with Crippen molar-refractivity contribution in [1.82, 2.24) is 4.57 Å². The van der Waals surface area contributed by atoms with Crippen LogP contribution in [0.5, 0.6) is 0 Å². The van der Waals surface area contributed by atoms with Gasteiger partial charge in [0.05, 0.1) is 16.2 Å². The van der Waals surface area contributed by atoms with Crippen molar-refractivity contribution in [3.8, 4) is 0 Å². The van der Waals surface area contributed by atoms with Crippen LogP contribution in [0.15, 0.2) is 24.3 Å². The van der Waals surface area contributed by atoms with Crippen molar-refractivity contribution in [2.45, 2.75) is 39.7 Å². The van der Waals surface area contributed by atoms with Crippen LogP contribution < -0.4 is 4.90 Å². The molecular weight excluding hydrogens is 414 g/mol. The molecule has 0 saturated carbocycles. The van der Waals surface area contributed by atoms with Gasteiger partial charge < -0.3 is 18.9 Å². The number of nitrogens with zero attached hydrogens (tertiary/aromatic N) is 3. The lowest BCUT2D eigenvalue weighted by Gasteiger charge is -2.20. The number of carbonyl (C=O) groups is 2. The summed E-state index contributed by atoms with van der Waals surface area (Å²) in [4.78, 5) is 38.3. The Morgan fingerprint density at radius 3 is 2.50 bits per heavy atom. The van der Waals surface area contributed by atoms with Crippen LogP contribution in [0.2, 0.25) is 0 Å². The molecule has 1 aromatic carbocycles. The number of anilines is 1. The molecule has 1 fully saturated rings. The number of rotatable bonds is 10. The zero-order valence-electron chi connectivity index (χ0n) is 18.8. The second-order valence-corrected chi connectivity index (χ2v) is 7.93. The third-order valence-electron chi connectivity index (χ3n) is 5.80. The fraction of sp³-hybridized carbons (Fsp3) is 0.478. The van der Waals surface area contributed by atoms with Gasteiger partial charge in [-0.05, 0) is 45.2 Å². The first-order valence-corrected chi connectivity index (χ1v) is 10.7. The minimum absolute atomic E-state index is 0.110. The Bertz CT molecular complexity index is 1010. The Labute approximate surface area is 187 Å². The van der Waals surface area contributed by atoms with Crippen LogP contribution >= 0.6 is 0 Å². The van der Waals surface area contributed by atoms with Gasteiger partial charge in [-0.15, -0.1) is 0 Å². The molecule has 0 atom stereocenters. The minimum atomic E-state index is -0.738. The number of aromatic nitrogens is 1. The maximum Gasteiger partial charge on any atom is 0.340 e. The third kappa shape index (κ3) is 5.16. The van der Waals surface area contributed by atoms with E-state index in [0.29, 0.717) is 17.9 Å². The summed E-state index contributed by atoms with van der Waals surface area (Å²) in [6.45, 7) is 6.25. The molecular formula is C23H29N3O6. The number of aryl methyl sites for hydroxylation is 1. The van der Waals surface area contributed by atoms with Gasteiger partial charge in [-0.1, -0.05) is 0 Å². The average Bonchev–Trinajstić information content (AvgIpc) is 3.41. The van der Waals surface area contributed by atoms with Crippen molar-refractivity contribution >= 4 is 23.1 Å². The van der Waals surface area contributed by atoms with Gasteiger partial charge in [-0.2, -0.15) is 0 Å². The van der Waals surface area contributed by atoms with Gasteiger partial charge in [0.15, 0.2) is 6.61 Å². The van der Waals surface area contributed by atoms with Crippen LogP contribution in [0.25, 0.3) is 0 Å². The summed E-state index contributed by atoms with van der Waals surface area (Å²) in [6, 6.07) is 5.98. The Balaban J connectivity index is 1.74.